The van der Waals surface area contributed by atoms with Crippen LogP contribution in [0.25, 0.3) is 0 Å². The van der Waals surface area contributed by atoms with E-state index >= 15 is 0 Å². The second-order valence-corrected chi connectivity index (χ2v) is 3.88. The molecule has 1 N–H and O–H groups in total. The quantitative estimate of drug-likeness (QED) is 0.640. The van der Waals surface area contributed by atoms with Crippen molar-refractivity contribution >= 4 is 0 Å². The molecular weight excluding hydrogens is 152 g/mol. The lowest BCUT2D eigenvalue weighted by molar-refractivity contribution is -0.0514. The Morgan fingerprint density at radius 1 is 1.42 bits per heavy atom. The van der Waals surface area contributed by atoms with Crippen LogP contribution in [0.5, 0.6) is 0 Å². The summed E-state index contributed by atoms with van der Waals surface area (Å²) in [5.74, 6) is 0.641. The van der Waals surface area contributed by atoms with Gasteiger partial charge < -0.3 is 9.84 Å². The molecule has 70 valence electrons. The van der Waals surface area contributed by atoms with E-state index in [2.05, 4.69) is 13.8 Å². The van der Waals surface area contributed by atoms with Gasteiger partial charge in [0.25, 0.3) is 0 Å². The summed E-state index contributed by atoms with van der Waals surface area (Å²) in [5, 5.41) is 9.32. The largest absolute Gasteiger partial charge is 0.386 e. The molecule has 0 spiro atoms. The Kier molecular flexibility index (Phi) is 3.29. The van der Waals surface area contributed by atoms with Crippen molar-refractivity contribution in [3.8, 4) is 0 Å². The number of hydrogen-bond donors (Lipinski definition) is 1. The molecule has 0 aromatic rings. The van der Waals surface area contributed by atoms with Crippen molar-refractivity contribution in [3.05, 3.63) is 12.2 Å². The molecule has 0 radical (unpaired) electrons. The molecule has 12 heavy (non-hydrogen) atoms. The van der Waals surface area contributed by atoms with Crippen LogP contribution < -0.4 is 0 Å². The Hall–Kier alpha value is -0.340. The normalized spacial score (nSPS) is 35.9. The minimum atomic E-state index is -0.423. The van der Waals surface area contributed by atoms with Crippen LogP contribution >= 0.6 is 0 Å². The monoisotopic (exact) mass is 170 g/mol. The maximum Gasteiger partial charge on any atom is 0.0981 e. The number of rotatable bonds is 2. The fraction of sp³-hybridized carbons (Fsp3) is 0.800. The molecule has 1 aliphatic rings. The maximum absolute atomic E-state index is 9.32. The van der Waals surface area contributed by atoms with Gasteiger partial charge in [0.05, 0.1) is 18.3 Å². The highest BCUT2D eigenvalue weighted by Gasteiger charge is 2.21. The molecule has 0 saturated carbocycles. The SMILES string of the molecule is CC(C)C[C@H]1C=C[C@@H](O)[C@H](C)O1. The Morgan fingerprint density at radius 2 is 2.08 bits per heavy atom. The molecule has 2 heteroatoms. The van der Waals surface area contributed by atoms with E-state index in [1.807, 2.05) is 19.1 Å². The van der Waals surface area contributed by atoms with Crippen molar-refractivity contribution in [3.63, 3.8) is 0 Å². The zero-order valence-corrected chi connectivity index (χ0v) is 8.03. The van der Waals surface area contributed by atoms with Crippen molar-refractivity contribution < 1.29 is 9.84 Å². The molecule has 0 unspecified atom stereocenters. The van der Waals surface area contributed by atoms with Crippen LogP contribution in [0.3, 0.4) is 0 Å². The zero-order valence-electron chi connectivity index (χ0n) is 8.03. The van der Waals surface area contributed by atoms with Crippen LogP contribution in [0.1, 0.15) is 27.2 Å². The second kappa shape index (κ2) is 4.06. The zero-order chi connectivity index (χ0) is 9.14. The average Bonchev–Trinajstić information content (AvgIpc) is 1.96. The van der Waals surface area contributed by atoms with Crippen molar-refractivity contribution in [2.75, 3.05) is 0 Å². The average molecular weight is 170 g/mol. The van der Waals surface area contributed by atoms with Gasteiger partial charge >= 0.3 is 0 Å². The highest BCUT2D eigenvalue weighted by Crippen LogP contribution is 2.18. The summed E-state index contributed by atoms with van der Waals surface area (Å²) in [5.41, 5.74) is 0. The number of hydrogen-bond acceptors (Lipinski definition) is 2. The first-order valence-corrected chi connectivity index (χ1v) is 4.61. The van der Waals surface area contributed by atoms with Crippen molar-refractivity contribution in [2.45, 2.75) is 45.5 Å². The maximum atomic E-state index is 9.32. The molecule has 1 aliphatic heterocycles. The van der Waals surface area contributed by atoms with Gasteiger partial charge in [0.2, 0.25) is 0 Å². The van der Waals surface area contributed by atoms with Gasteiger partial charge in [-0.3, -0.25) is 0 Å². The van der Waals surface area contributed by atoms with Crippen LogP contribution in [0.2, 0.25) is 0 Å². The predicted octanol–water partition coefficient (Wildman–Crippen LogP) is 1.74. The highest BCUT2D eigenvalue weighted by atomic mass is 16.5. The number of ether oxygens (including phenoxy) is 1. The van der Waals surface area contributed by atoms with Gasteiger partial charge in [0.1, 0.15) is 0 Å². The topological polar surface area (TPSA) is 29.5 Å². The number of aliphatic hydroxyl groups excluding tert-OH is 1. The molecule has 0 bridgehead atoms. The summed E-state index contributed by atoms with van der Waals surface area (Å²) >= 11 is 0. The van der Waals surface area contributed by atoms with Gasteiger partial charge in [-0.15, -0.1) is 0 Å². The minimum Gasteiger partial charge on any atom is -0.386 e. The fourth-order valence-electron chi connectivity index (χ4n) is 1.39. The molecule has 1 rings (SSSR count). The Labute approximate surface area is 74.2 Å². The van der Waals surface area contributed by atoms with Gasteiger partial charge in [0, 0.05) is 0 Å². The molecule has 0 aromatic heterocycles. The van der Waals surface area contributed by atoms with E-state index in [-0.39, 0.29) is 12.2 Å². The van der Waals surface area contributed by atoms with Crippen LogP contribution in [0.4, 0.5) is 0 Å². The van der Waals surface area contributed by atoms with Gasteiger partial charge in [-0.05, 0) is 19.3 Å². The van der Waals surface area contributed by atoms with E-state index < -0.39 is 6.10 Å². The summed E-state index contributed by atoms with van der Waals surface area (Å²) in [7, 11) is 0. The molecule has 0 aliphatic carbocycles. The molecule has 0 amide bonds. The number of aliphatic hydroxyl groups is 1. The second-order valence-electron chi connectivity index (χ2n) is 3.88. The van der Waals surface area contributed by atoms with Gasteiger partial charge in [0.15, 0.2) is 0 Å². The van der Waals surface area contributed by atoms with E-state index in [1.54, 1.807) is 0 Å². The molecule has 2 nitrogen and oxygen atoms in total. The summed E-state index contributed by atoms with van der Waals surface area (Å²) in [4.78, 5) is 0. The van der Waals surface area contributed by atoms with Crippen LogP contribution in [-0.2, 0) is 4.74 Å². The standard InChI is InChI=1S/C10H18O2/c1-7(2)6-9-4-5-10(11)8(3)12-9/h4-5,7-11H,6H2,1-3H3/t8-,9+,10+/m0/s1. The lowest BCUT2D eigenvalue weighted by Crippen LogP contribution is -2.33. The van der Waals surface area contributed by atoms with E-state index in [1.165, 1.54) is 0 Å². The van der Waals surface area contributed by atoms with Crippen LogP contribution in [0, 0.1) is 5.92 Å². The van der Waals surface area contributed by atoms with Crippen LogP contribution in [-0.4, -0.2) is 23.4 Å². The molecular formula is C10H18O2. The smallest absolute Gasteiger partial charge is 0.0981 e. The third-order valence-electron chi connectivity index (χ3n) is 2.10. The van der Waals surface area contributed by atoms with Crippen molar-refractivity contribution in [1.29, 1.82) is 0 Å². The summed E-state index contributed by atoms with van der Waals surface area (Å²) in [6.07, 6.45) is 4.55. The summed E-state index contributed by atoms with van der Waals surface area (Å²) in [6, 6.07) is 0. The first-order valence-electron chi connectivity index (χ1n) is 4.61. The highest BCUT2D eigenvalue weighted by molar-refractivity contribution is 5.01. The third-order valence-corrected chi connectivity index (χ3v) is 2.10. The van der Waals surface area contributed by atoms with E-state index in [4.69, 9.17) is 4.74 Å². The van der Waals surface area contributed by atoms with E-state index in [9.17, 15) is 5.11 Å². The molecule has 0 fully saturated rings. The Balaban J connectivity index is 2.44. The lowest BCUT2D eigenvalue weighted by atomic mass is 10.0. The Morgan fingerprint density at radius 3 is 2.58 bits per heavy atom. The van der Waals surface area contributed by atoms with Gasteiger partial charge in [-0.25, -0.2) is 0 Å². The molecule has 0 aromatic carbocycles. The minimum absolute atomic E-state index is 0.0567. The fourth-order valence-corrected chi connectivity index (χ4v) is 1.39. The van der Waals surface area contributed by atoms with Crippen molar-refractivity contribution in [2.24, 2.45) is 5.92 Å². The first-order chi connectivity index (χ1) is 5.59. The van der Waals surface area contributed by atoms with E-state index in [0.717, 1.165) is 6.42 Å². The van der Waals surface area contributed by atoms with Crippen LogP contribution in [0.15, 0.2) is 12.2 Å². The third kappa shape index (κ3) is 2.61. The molecule has 3 atom stereocenters. The summed E-state index contributed by atoms with van der Waals surface area (Å²) < 4.78 is 5.57. The molecule has 1 heterocycles. The lowest BCUT2D eigenvalue weighted by Gasteiger charge is -2.27. The Bertz CT molecular complexity index is 163. The first kappa shape index (κ1) is 9.75. The molecule has 0 saturated heterocycles. The van der Waals surface area contributed by atoms with E-state index in [0.29, 0.717) is 5.92 Å². The summed E-state index contributed by atoms with van der Waals surface area (Å²) in [6.45, 7) is 6.25. The van der Waals surface area contributed by atoms with Gasteiger partial charge in [-0.2, -0.15) is 0 Å². The predicted molar refractivity (Wildman–Crippen MR) is 48.9 cm³/mol. The van der Waals surface area contributed by atoms with Gasteiger partial charge in [-0.1, -0.05) is 26.0 Å². The van der Waals surface area contributed by atoms with Crippen molar-refractivity contribution in [1.82, 2.24) is 0 Å².